The normalized spacial score (nSPS) is 18.0. The first kappa shape index (κ1) is 17.7. The standard InChI is InChI=1S/C19H22BrClN2O/c1-23-9-8-18(12-23)22-11-15-10-16(20)4-7-19(15)24-13-14-2-5-17(21)6-3-14/h2-7,10,18,22H,8-9,11-13H2,1H3. The molecule has 3 nitrogen and oxygen atoms in total. The van der Waals surface area contributed by atoms with E-state index in [1.165, 1.54) is 12.0 Å². The largest absolute Gasteiger partial charge is 0.489 e. The van der Waals surface area contributed by atoms with Crippen molar-refractivity contribution in [2.45, 2.75) is 25.6 Å². The highest BCUT2D eigenvalue weighted by molar-refractivity contribution is 9.10. The summed E-state index contributed by atoms with van der Waals surface area (Å²) in [7, 11) is 2.17. The van der Waals surface area contributed by atoms with Gasteiger partial charge in [-0.1, -0.05) is 39.7 Å². The van der Waals surface area contributed by atoms with Gasteiger partial charge in [0.05, 0.1) is 0 Å². The maximum Gasteiger partial charge on any atom is 0.124 e. The van der Waals surface area contributed by atoms with Crippen molar-refractivity contribution in [3.8, 4) is 5.75 Å². The van der Waals surface area contributed by atoms with Crippen molar-refractivity contribution in [1.82, 2.24) is 10.2 Å². The quantitative estimate of drug-likeness (QED) is 0.761. The van der Waals surface area contributed by atoms with Crippen molar-refractivity contribution in [3.05, 3.63) is 63.1 Å². The Morgan fingerprint density at radius 1 is 1.25 bits per heavy atom. The molecule has 2 aromatic carbocycles. The Labute approximate surface area is 157 Å². The number of benzene rings is 2. The lowest BCUT2D eigenvalue weighted by molar-refractivity contribution is 0.301. The number of halogens is 2. The maximum atomic E-state index is 6.04. The molecule has 0 aromatic heterocycles. The Morgan fingerprint density at radius 3 is 2.75 bits per heavy atom. The van der Waals surface area contributed by atoms with E-state index in [4.69, 9.17) is 16.3 Å². The van der Waals surface area contributed by atoms with Crippen molar-refractivity contribution in [1.29, 1.82) is 0 Å². The van der Waals surface area contributed by atoms with E-state index in [9.17, 15) is 0 Å². The second kappa shape index (κ2) is 8.34. The average Bonchev–Trinajstić information content (AvgIpc) is 2.99. The molecule has 1 N–H and O–H groups in total. The van der Waals surface area contributed by atoms with Gasteiger partial charge in [0.15, 0.2) is 0 Å². The van der Waals surface area contributed by atoms with Crippen molar-refractivity contribution in [2.24, 2.45) is 0 Å². The van der Waals surface area contributed by atoms with Gasteiger partial charge in [-0.2, -0.15) is 0 Å². The predicted molar refractivity (Wildman–Crippen MR) is 103 cm³/mol. The smallest absolute Gasteiger partial charge is 0.124 e. The Balaban J connectivity index is 1.62. The summed E-state index contributed by atoms with van der Waals surface area (Å²) in [6.07, 6.45) is 1.20. The number of ether oxygens (including phenoxy) is 1. The van der Waals surface area contributed by atoms with Gasteiger partial charge in [0, 0.05) is 34.2 Å². The minimum Gasteiger partial charge on any atom is -0.489 e. The van der Waals surface area contributed by atoms with E-state index in [0.717, 1.165) is 40.4 Å². The molecular formula is C19H22BrClN2O. The molecule has 0 radical (unpaired) electrons. The van der Waals surface area contributed by atoms with E-state index in [2.05, 4.69) is 39.3 Å². The molecule has 2 aromatic rings. The van der Waals surface area contributed by atoms with Crippen LogP contribution in [-0.2, 0) is 13.2 Å². The van der Waals surface area contributed by atoms with E-state index in [1.807, 2.05) is 36.4 Å². The van der Waals surface area contributed by atoms with Crippen LogP contribution in [-0.4, -0.2) is 31.1 Å². The fourth-order valence-corrected chi connectivity index (χ4v) is 3.46. The molecule has 1 aliphatic rings. The minimum absolute atomic E-state index is 0.540. The molecule has 1 fully saturated rings. The third-order valence-corrected chi connectivity index (χ3v) is 5.05. The Morgan fingerprint density at radius 2 is 2.04 bits per heavy atom. The average molecular weight is 410 g/mol. The van der Waals surface area contributed by atoms with Crippen LogP contribution >= 0.6 is 27.5 Å². The molecule has 3 rings (SSSR count). The van der Waals surface area contributed by atoms with Crippen LogP contribution in [0, 0.1) is 0 Å². The van der Waals surface area contributed by atoms with Gasteiger partial charge in [-0.15, -0.1) is 0 Å². The first-order valence-corrected chi connectivity index (χ1v) is 9.35. The number of rotatable bonds is 6. The third-order valence-electron chi connectivity index (χ3n) is 4.30. The fourth-order valence-electron chi connectivity index (χ4n) is 2.92. The van der Waals surface area contributed by atoms with Crippen LogP contribution in [0.2, 0.25) is 5.02 Å². The zero-order valence-electron chi connectivity index (χ0n) is 13.8. The Kier molecular flexibility index (Phi) is 6.17. The zero-order chi connectivity index (χ0) is 16.9. The molecule has 0 bridgehead atoms. The molecule has 24 heavy (non-hydrogen) atoms. The molecule has 0 spiro atoms. The molecule has 0 saturated carbocycles. The van der Waals surface area contributed by atoms with E-state index in [0.29, 0.717) is 12.6 Å². The molecule has 5 heteroatoms. The van der Waals surface area contributed by atoms with Crippen molar-refractivity contribution in [3.63, 3.8) is 0 Å². The second-order valence-electron chi connectivity index (χ2n) is 6.30. The number of likely N-dealkylation sites (N-methyl/N-ethyl adjacent to an activating group) is 1. The number of nitrogens with one attached hydrogen (secondary N) is 1. The van der Waals surface area contributed by atoms with Crippen molar-refractivity contribution < 1.29 is 4.74 Å². The lowest BCUT2D eigenvalue weighted by Crippen LogP contribution is -2.31. The van der Waals surface area contributed by atoms with Crippen LogP contribution in [0.5, 0.6) is 5.75 Å². The second-order valence-corrected chi connectivity index (χ2v) is 7.65. The fraction of sp³-hybridized carbons (Fsp3) is 0.368. The SMILES string of the molecule is CN1CCC(NCc2cc(Br)ccc2OCc2ccc(Cl)cc2)C1. The highest BCUT2D eigenvalue weighted by Gasteiger charge is 2.19. The van der Waals surface area contributed by atoms with Gasteiger partial charge in [0.1, 0.15) is 12.4 Å². The summed E-state index contributed by atoms with van der Waals surface area (Å²) in [6.45, 7) is 3.62. The van der Waals surface area contributed by atoms with Gasteiger partial charge in [0.2, 0.25) is 0 Å². The summed E-state index contributed by atoms with van der Waals surface area (Å²) < 4.78 is 7.11. The van der Waals surface area contributed by atoms with Gasteiger partial charge >= 0.3 is 0 Å². The molecule has 0 aliphatic carbocycles. The summed E-state index contributed by atoms with van der Waals surface area (Å²) in [5.41, 5.74) is 2.28. The first-order chi connectivity index (χ1) is 11.6. The Hall–Kier alpha value is -1.07. The summed E-state index contributed by atoms with van der Waals surface area (Å²) in [5.74, 6) is 0.923. The topological polar surface area (TPSA) is 24.5 Å². The van der Waals surface area contributed by atoms with Gasteiger partial charge in [-0.25, -0.2) is 0 Å². The van der Waals surface area contributed by atoms with Gasteiger partial charge in [-0.3, -0.25) is 0 Å². The first-order valence-electron chi connectivity index (χ1n) is 8.18. The summed E-state index contributed by atoms with van der Waals surface area (Å²) >= 11 is 9.48. The van der Waals surface area contributed by atoms with Crippen LogP contribution in [0.1, 0.15) is 17.5 Å². The van der Waals surface area contributed by atoms with Gasteiger partial charge in [0.25, 0.3) is 0 Å². The summed E-state index contributed by atoms with van der Waals surface area (Å²) in [4.78, 5) is 2.36. The van der Waals surface area contributed by atoms with Crippen LogP contribution in [0.3, 0.4) is 0 Å². The number of nitrogens with zero attached hydrogens (tertiary/aromatic N) is 1. The maximum absolute atomic E-state index is 6.04. The highest BCUT2D eigenvalue weighted by Crippen LogP contribution is 2.25. The molecule has 1 aliphatic heterocycles. The lowest BCUT2D eigenvalue weighted by atomic mass is 10.1. The van der Waals surface area contributed by atoms with E-state index < -0.39 is 0 Å². The molecule has 1 saturated heterocycles. The van der Waals surface area contributed by atoms with Crippen LogP contribution in [0.25, 0.3) is 0 Å². The molecule has 1 atom stereocenters. The summed E-state index contributed by atoms with van der Waals surface area (Å²) in [5, 5.41) is 4.39. The third kappa shape index (κ3) is 4.96. The highest BCUT2D eigenvalue weighted by atomic mass is 79.9. The predicted octanol–water partition coefficient (Wildman–Crippen LogP) is 4.48. The monoisotopic (exact) mass is 408 g/mol. The van der Waals surface area contributed by atoms with Crippen LogP contribution in [0.4, 0.5) is 0 Å². The zero-order valence-corrected chi connectivity index (χ0v) is 16.1. The van der Waals surface area contributed by atoms with Gasteiger partial charge in [-0.05, 0) is 55.9 Å². The minimum atomic E-state index is 0.540. The van der Waals surface area contributed by atoms with Crippen molar-refractivity contribution >= 4 is 27.5 Å². The molecule has 1 heterocycles. The van der Waals surface area contributed by atoms with E-state index in [1.54, 1.807) is 0 Å². The van der Waals surface area contributed by atoms with Gasteiger partial charge < -0.3 is 15.0 Å². The number of hydrogen-bond donors (Lipinski definition) is 1. The number of likely N-dealkylation sites (tertiary alicyclic amines) is 1. The molecule has 128 valence electrons. The molecular weight excluding hydrogens is 388 g/mol. The molecule has 1 unspecified atom stereocenters. The molecule has 0 amide bonds. The Bertz CT molecular complexity index is 678. The van der Waals surface area contributed by atoms with Crippen LogP contribution in [0.15, 0.2) is 46.9 Å². The van der Waals surface area contributed by atoms with Crippen molar-refractivity contribution in [2.75, 3.05) is 20.1 Å². The van der Waals surface area contributed by atoms with Crippen LogP contribution < -0.4 is 10.1 Å². The lowest BCUT2D eigenvalue weighted by Gasteiger charge is -2.16. The van der Waals surface area contributed by atoms with E-state index >= 15 is 0 Å². The van der Waals surface area contributed by atoms with E-state index in [-0.39, 0.29) is 0 Å². The summed E-state index contributed by atoms with van der Waals surface area (Å²) in [6, 6.07) is 14.5. The number of hydrogen-bond acceptors (Lipinski definition) is 3.